The van der Waals surface area contributed by atoms with Gasteiger partial charge in [0.1, 0.15) is 0 Å². The van der Waals surface area contributed by atoms with Gasteiger partial charge in [0.2, 0.25) is 0 Å². The van der Waals surface area contributed by atoms with Gasteiger partial charge < -0.3 is 10.2 Å². The molecule has 4 nitrogen and oxygen atoms in total. The second-order valence-electron chi connectivity index (χ2n) is 5.62. The molecule has 0 atom stereocenters. The maximum absolute atomic E-state index is 4.29. The molecule has 0 saturated carbocycles. The zero-order valence-electron chi connectivity index (χ0n) is 12.8. The number of hydrogen-bond donors (Lipinski definition) is 1. The minimum Gasteiger partial charge on any atom is -0.353 e. The maximum atomic E-state index is 4.29. The maximum Gasteiger partial charge on any atom is 0.193 e. The van der Waals surface area contributed by atoms with Crippen LogP contribution in [0.25, 0.3) is 0 Å². The second kappa shape index (κ2) is 7.29. The van der Waals surface area contributed by atoms with Gasteiger partial charge in [-0.25, -0.2) is 0 Å². The molecule has 0 aliphatic carbocycles. The SMILES string of the molecule is CN=C(NC1CCN(Cc2ccccc2)CC1)N(C)C. The highest BCUT2D eigenvalue weighted by Crippen LogP contribution is 2.13. The smallest absolute Gasteiger partial charge is 0.193 e. The van der Waals surface area contributed by atoms with Crippen molar-refractivity contribution in [2.45, 2.75) is 25.4 Å². The minimum absolute atomic E-state index is 0.545. The van der Waals surface area contributed by atoms with Crippen molar-refractivity contribution in [1.29, 1.82) is 0 Å². The summed E-state index contributed by atoms with van der Waals surface area (Å²) in [6, 6.07) is 11.3. The largest absolute Gasteiger partial charge is 0.353 e. The number of hydrogen-bond acceptors (Lipinski definition) is 2. The molecule has 1 fully saturated rings. The van der Waals surface area contributed by atoms with Crippen molar-refractivity contribution in [1.82, 2.24) is 15.1 Å². The van der Waals surface area contributed by atoms with E-state index >= 15 is 0 Å². The van der Waals surface area contributed by atoms with Crippen molar-refractivity contribution < 1.29 is 0 Å². The van der Waals surface area contributed by atoms with E-state index in [0.717, 1.165) is 25.6 Å². The van der Waals surface area contributed by atoms with E-state index in [-0.39, 0.29) is 0 Å². The molecule has 1 heterocycles. The van der Waals surface area contributed by atoms with E-state index in [1.807, 2.05) is 26.0 Å². The summed E-state index contributed by atoms with van der Waals surface area (Å²) in [6.45, 7) is 3.37. The van der Waals surface area contributed by atoms with Gasteiger partial charge in [-0.3, -0.25) is 9.89 Å². The van der Waals surface area contributed by atoms with Gasteiger partial charge in [-0.2, -0.15) is 0 Å². The van der Waals surface area contributed by atoms with Gasteiger partial charge in [0.05, 0.1) is 0 Å². The van der Waals surface area contributed by atoms with Crippen molar-refractivity contribution >= 4 is 5.96 Å². The van der Waals surface area contributed by atoms with Gasteiger partial charge in [-0.1, -0.05) is 30.3 Å². The Morgan fingerprint density at radius 2 is 1.90 bits per heavy atom. The van der Waals surface area contributed by atoms with Crippen molar-refractivity contribution in [3.8, 4) is 0 Å². The van der Waals surface area contributed by atoms with Gasteiger partial charge in [-0.05, 0) is 18.4 Å². The molecule has 1 aliphatic heterocycles. The standard InChI is InChI=1S/C16H26N4/c1-17-16(19(2)3)18-15-9-11-20(12-10-15)13-14-7-5-4-6-8-14/h4-8,15H,9-13H2,1-3H3,(H,17,18). The minimum atomic E-state index is 0.545. The quantitative estimate of drug-likeness (QED) is 0.673. The highest BCUT2D eigenvalue weighted by Gasteiger charge is 2.20. The van der Waals surface area contributed by atoms with Crippen molar-refractivity contribution in [2.24, 2.45) is 4.99 Å². The number of nitrogens with one attached hydrogen (secondary N) is 1. The summed E-state index contributed by atoms with van der Waals surface area (Å²) >= 11 is 0. The fraction of sp³-hybridized carbons (Fsp3) is 0.562. The molecule has 20 heavy (non-hydrogen) atoms. The summed E-state index contributed by atoms with van der Waals surface area (Å²) in [4.78, 5) is 8.86. The summed E-state index contributed by atoms with van der Waals surface area (Å²) in [6.07, 6.45) is 2.36. The second-order valence-corrected chi connectivity index (χ2v) is 5.62. The molecule has 0 aromatic heterocycles. The molecule has 4 heteroatoms. The average Bonchev–Trinajstić information content (AvgIpc) is 2.47. The van der Waals surface area contributed by atoms with Crippen LogP contribution in [0.4, 0.5) is 0 Å². The molecule has 0 unspecified atom stereocenters. The Kier molecular flexibility index (Phi) is 5.41. The van der Waals surface area contributed by atoms with Crippen molar-refractivity contribution in [3.63, 3.8) is 0 Å². The molecule has 0 amide bonds. The lowest BCUT2D eigenvalue weighted by molar-refractivity contribution is 0.197. The number of aliphatic imine (C=N–C) groups is 1. The summed E-state index contributed by atoms with van der Waals surface area (Å²) in [7, 11) is 5.90. The molecule has 2 rings (SSSR count). The Bertz CT molecular complexity index is 419. The lowest BCUT2D eigenvalue weighted by Crippen LogP contribution is -2.48. The van der Waals surface area contributed by atoms with Crippen LogP contribution in [0.15, 0.2) is 35.3 Å². The van der Waals surface area contributed by atoms with E-state index < -0.39 is 0 Å². The fourth-order valence-electron chi connectivity index (χ4n) is 2.65. The van der Waals surface area contributed by atoms with Crippen LogP contribution < -0.4 is 5.32 Å². The highest BCUT2D eigenvalue weighted by atomic mass is 15.3. The molecule has 1 aliphatic rings. The normalized spacial score (nSPS) is 18.1. The summed E-state index contributed by atoms with van der Waals surface area (Å²) in [5.41, 5.74) is 1.41. The number of likely N-dealkylation sites (tertiary alicyclic amines) is 1. The monoisotopic (exact) mass is 274 g/mol. The van der Waals surface area contributed by atoms with Gasteiger partial charge in [0.15, 0.2) is 5.96 Å². The Hall–Kier alpha value is -1.55. The Morgan fingerprint density at radius 3 is 2.45 bits per heavy atom. The van der Waals surface area contributed by atoms with Gasteiger partial charge >= 0.3 is 0 Å². The third kappa shape index (κ3) is 4.23. The van der Waals surface area contributed by atoms with Crippen LogP contribution in [0.5, 0.6) is 0 Å². The summed E-state index contributed by atoms with van der Waals surface area (Å²) in [5, 5.41) is 3.54. The van der Waals surface area contributed by atoms with E-state index in [9.17, 15) is 0 Å². The van der Waals surface area contributed by atoms with Gasteiger partial charge in [0.25, 0.3) is 0 Å². The summed E-state index contributed by atoms with van der Waals surface area (Å²) in [5.74, 6) is 0.978. The highest BCUT2D eigenvalue weighted by molar-refractivity contribution is 5.79. The molecular weight excluding hydrogens is 248 g/mol. The molecule has 0 radical (unpaired) electrons. The van der Waals surface area contributed by atoms with E-state index in [1.165, 1.54) is 18.4 Å². The molecule has 1 N–H and O–H groups in total. The lowest BCUT2D eigenvalue weighted by Gasteiger charge is -2.33. The molecule has 110 valence electrons. The first-order valence-electron chi connectivity index (χ1n) is 7.36. The van der Waals surface area contributed by atoms with Crippen LogP contribution in [0, 0.1) is 0 Å². The van der Waals surface area contributed by atoms with Crippen LogP contribution in [-0.2, 0) is 6.54 Å². The molecule has 0 spiro atoms. The van der Waals surface area contributed by atoms with Crippen LogP contribution in [-0.4, -0.2) is 56.0 Å². The molecule has 1 aromatic rings. The average molecular weight is 274 g/mol. The first kappa shape index (κ1) is 14.9. The van der Waals surface area contributed by atoms with E-state index in [0.29, 0.717) is 6.04 Å². The predicted octanol–water partition coefficient (Wildman–Crippen LogP) is 1.79. The fourth-order valence-corrected chi connectivity index (χ4v) is 2.65. The zero-order chi connectivity index (χ0) is 14.4. The molecule has 0 bridgehead atoms. The third-order valence-electron chi connectivity index (χ3n) is 3.81. The van der Waals surface area contributed by atoms with Crippen LogP contribution in [0.1, 0.15) is 18.4 Å². The van der Waals surface area contributed by atoms with E-state index in [4.69, 9.17) is 0 Å². The topological polar surface area (TPSA) is 30.9 Å². The van der Waals surface area contributed by atoms with Crippen LogP contribution in [0.2, 0.25) is 0 Å². The number of nitrogens with zero attached hydrogens (tertiary/aromatic N) is 3. The zero-order valence-corrected chi connectivity index (χ0v) is 12.8. The van der Waals surface area contributed by atoms with Gasteiger partial charge in [0, 0.05) is 46.8 Å². The predicted molar refractivity (Wildman–Crippen MR) is 84.9 cm³/mol. The third-order valence-corrected chi connectivity index (χ3v) is 3.81. The number of rotatable bonds is 3. The molecule has 1 aromatic carbocycles. The van der Waals surface area contributed by atoms with Crippen molar-refractivity contribution in [2.75, 3.05) is 34.2 Å². The van der Waals surface area contributed by atoms with E-state index in [2.05, 4.69) is 45.5 Å². The first-order valence-corrected chi connectivity index (χ1v) is 7.36. The van der Waals surface area contributed by atoms with Gasteiger partial charge in [-0.15, -0.1) is 0 Å². The number of piperidine rings is 1. The number of guanidine groups is 1. The summed E-state index contributed by atoms with van der Waals surface area (Å²) < 4.78 is 0. The lowest BCUT2D eigenvalue weighted by atomic mass is 10.0. The molecule has 1 saturated heterocycles. The Labute approximate surface area is 122 Å². The van der Waals surface area contributed by atoms with E-state index in [1.54, 1.807) is 0 Å². The van der Waals surface area contributed by atoms with Crippen LogP contribution in [0.3, 0.4) is 0 Å². The van der Waals surface area contributed by atoms with Crippen molar-refractivity contribution in [3.05, 3.63) is 35.9 Å². The number of benzene rings is 1. The van der Waals surface area contributed by atoms with Crippen LogP contribution >= 0.6 is 0 Å². The Morgan fingerprint density at radius 1 is 1.25 bits per heavy atom. The molecular formula is C16H26N4. The first-order chi connectivity index (χ1) is 9.69. The Balaban J connectivity index is 1.78.